The Morgan fingerprint density at radius 3 is 2.43 bits per heavy atom. The van der Waals surface area contributed by atoms with Crippen molar-refractivity contribution in [2.24, 2.45) is 0 Å². The highest BCUT2D eigenvalue weighted by Gasteiger charge is 2.10. The Morgan fingerprint density at radius 2 is 1.68 bits per heavy atom. The van der Waals surface area contributed by atoms with Crippen LogP contribution in [-0.4, -0.2) is 36.4 Å². The molecular formula is C20H23FN2O3S2. The fourth-order valence-electron chi connectivity index (χ4n) is 2.34. The lowest BCUT2D eigenvalue weighted by Crippen LogP contribution is -2.31. The van der Waals surface area contributed by atoms with E-state index in [4.69, 9.17) is 0 Å². The largest absolute Gasteiger partial charge is 0.356 e. The number of amides is 2. The number of nitrogens with one attached hydrogen (secondary N) is 2. The summed E-state index contributed by atoms with van der Waals surface area (Å²) in [5.41, 5.74) is 0.652. The number of hydrogen-bond acceptors (Lipinski definition) is 5. The average Bonchev–Trinajstić information content (AvgIpc) is 3.22. The van der Waals surface area contributed by atoms with Crippen molar-refractivity contribution >= 4 is 40.7 Å². The van der Waals surface area contributed by atoms with E-state index in [1.54, 1.807) is 42.1 Å². The normalized spacial score (nSPS) is 10.5. The number of benzene rings is 1. The Kier molecular flexibility index (Phi) is 9.71. The van der Waals surface area contributed by atoms with E-state index in [1.165, 1.54) is 17.4 Å². The first-order valence-corrected chi connectivity index (χ1v) is 11.0. The molecule has 1 aromatic carbocycles. The van der Waals surface area contributed by atoms with E-state index < -0.39 is 0 Å². The van der Waals surface area contributed by atoms with Gasteiger partial charge in [0.15, 0.2) is 5.78 Å². The number of rotatable bonds is 12. The SMILES string of the molecule is O=C(CCNC(=O)CCC(=O)c1cccs1)NCCSCc1ccccc1F. The van der Waals surface area contributed by atoms with Crippen LogP contribution >= 0.6 is 23.1 Å². The molecule has 0 bridgehead atoms. The molecule has 0 aliphatic heterocycles. The Morgan fingerprint density at radius 1 is 0.929 bits per heavy atom. The van der Waals surface area contributed by atoms with Crippen LogP contribution in [0.3, 0.4) is 0 Å². The summed E-state index contributed by atoms with van der Waals surface area (Å²) < 4.78 is 13.5. The Hall–Kier alpha value is -2.19. The molecule has 0 unspecified atom stereocenters. The van der Waals surface area contributed by atoms with Crippen LogP contribution in [0.15, 0.2) is 41.8 Å². The lowest BCUT2D eigenvalue weighted by Gasteiger charge is -2.07. The summed E-state index contributed by atoms with van der Waals surface area (Å²) in [5.74, 6) is 0.585. The Labute approximate surface area is 172 Å². The van der Waals surface area contributed by atoms with Gasteiger partial charge in [-0.3, -0.25) is 14.4 Å². The Balaban J connectivity index is 1.48. The summed E-state index contributed by atoms with van der Waals surface area (Å²) in [4.78, 5) is 36.0. The van der Waals surface area contributed by atoms with Crippen LogP contribution in [0.4, 0.5) is 4.39 Å². The number of Topliss-reactive ketones (excluding diaryl/α,β-unsaturated/α-hetero) is 1. The van der Waals surface area contributed by atoms with Crippen LogP contribution in [0.25, 0.3) is 0 Å². The van der Waals surface area contributed by atoms with E-state index in [1.807, 2.05) is 5.38 Å². The second-order valence-electron chi connectivity index (χ2n) is 5.99. The average molecular weight is 423 g/mol. The molecule has 5 nitrogen and oxygen atoms in total. The van der Waals surface area contributed by atoms with Gasteiger partial charge in [0, 0.05) is 43.9 Å². The molecule has 0 saturated carbocycles. The smallest absolute Gasteiger partial charge is 0.221 e. The second kappa shape index (κ2) is 12.3. The summed E-state index contributed by atoms with van der Waals surface area (Å²) in [6.07, 6.45) is 0.464. The molecule has 0 fully saturated rings. The quantitative estimate of drug-likeness (QED) is 0.406. The summed E-state index contributed by atoms with van der Waals surface area (Å²) >= 11 is 2.90. The van der Waals surface area contributed by atoms with Gasteiger partial charge in [0.1, 0.15) is 5.82 Å². The molecule has 0 atom stereocenters. The number of carbonyl (C=O) groups is 3. The molecule has 0 aliphatic rings. The number of ketones is 1. The number of hydrogen-bond donors (Lipinski definition) is 2. The maximum Gasteiger partial charge on any atom is 0.221 e. The maximum atomic E-state index is 13.5. The lowest BCUT2D eigenvalue weighted by molar-refractivity contribution is -0.122. The fourth-order valence-corrected chi connectivity index (χ4v) is 3.88. The minimum Gasteiger partial charge on any atom is -0.356 e. The topological polar surface area (TPSA) is 75.3 Å². The first kappa shape index (κ1) is 22.1. The van der Waals surface area contributed by atoms with Gasteiger partial charge in [-0.15, -0.1) is 11.3 Å². The van der Waals surface area contributed by atoms with Crippen LogP contribution in [0, 0.1) is 5.82 Å². The van der Waals surface area contributed by atoms with Crippen molar-refractivity contribution in [1.82, 2.24) is 10.6 Å². The third-order valence-electron chi connectivity index (χ3n) is 3.83. The van der Waals surface area contributed by atoms with E-state index in [-0.39, 0.29) is 49.2 Å². The second-order valence-corrected chi connectivity index (χ2v) is 8.05. The molecule has 2 rings (SSSR count). The summed E-state index contributed by atoms with van der Waals surface area (Å²) in [6, 6.07) is 10.2. The van der Waals surface area contributed by atoms with Gasteiger partial charge >= 0.3 is 0 Å². The monoisotopic (exact) mass is 422 g/mol. The molecule has 2 N–H and O–H groups in total. The van der Waals surface area contributed by atoms with Crippen LogP contribution in [0.5, 0.6) is 0 Å². The van der Waals surface area contributed by atoms with Gasteiger partial charge in [-0.25, -0.2) is 4.39 Å². The predicted molar refractivity (Wildman–Crippen MR) is 111 cm³/mol. The van der Waals surface area contributed by atoms with E-state index in [9.17, 15) is 18.8 Å². The minimum absolute atomic E-state index is 0.0456. The van der Waals surface area contributed by atoms with Crippen LogP contribution in [-0.2, 0) is 15.3 Å². The summed E-state index contributed by atoms with van der Waals surface area (Å²) in [5, 5.41) is 7.24. The van der Waals surface area contributed by atoms with Crippen molar-refractivity contribution in [1.29, 1.82) is 0 Å². The van der Waals surface area contributed by atoms with Crippen LogP contribution < -0.4 is 10.6 Å². The van der Waals surface area contributed by atoms with Gasteiger partial charge in [0.2, 0.25) is 11.8 Å². The number of thioether (sulfide) groups is 1. The van der Waals surface area contributed by atoms with Gasteiger partial charge in [0.25, 0.3) is 0 Å². The van der Waals surface area contributed by atoms with E-state index in [0.717, 1.165) is 0 Å². The predicted octanol–water partition coefficient (Wildman–Crippen LogP) is 3.41. The first-order chi connectivity index (χ1) is 13.6. The van der Waals surface area contributed by atoms with Crippen molar-refractivity contribution < 1.29 is 18.8 Å². The molecule has 1 heterocycles. The lowest BCUT2D eigenvalue weighted by atomic mass is 10.2. The highest BCUT2D eigenvalue weighted by Crippen LogP contribution is 2.14. The molecule has 150 valence electrons. The Bertz CT molecular complexity index is 782. The number of halogens is 1. The van der Waals surface area contributed by atoms with Gasteiger partial charge in [0.05, 0.1) is 4.88 Å². The molecule has 28 heavy (non-hydrogen) atoms. The third-order valence-corrected chi connectivity index (χ3v) is 5.75. The zero-order valence-electron chi connectivity index (χ0n) is 15.4. The molecule has 0 radical (unpaired) electrons. The molecule has 1 aromatic heterocycles. The maximum absolute atomic E-state index is 13.5. The van der Waals surface area contributed by atoms with E-state index in [0.29, 0.717) is 28.5 Å². The van der Waals surface area contributed by atoms with Gasteiger partial charge in [-0.1, -0.05) is 24.3 Å². The molecule has 0 aliphatic carbocycles. The van der Waals surface area contributed by atoms with Gasteiger partial charge in [-0.2, -0.15) is 11.8 Å². The number of carbonyl (C=O) groups excluding carboxylic acids is 3. The molecule has 2 amide bonds. The van der Waals surface area contributed by atoms with Crippen molar-refractivity contribution in [3.8, 4) is 0 Å². The molecule has 2 aromatic rings. The van der Waals surface area contributed by atoms with Crippen molar-refractivity contribution in [2.75, 3.05) is 18.8 Å². The standard InChI is InChI=1S/C20H23FN2O3S2/c21-16-5-2-1-4-15(16)14-27-13-11-23-20(26)9-10-22-19(25)8-7-17(24)18-6-3-12-28-18/h1-6,12H,7-11,13-14H2,(H,22,25)(H,23,26). The van der Waals surface area contributed by atoms with Gasteiger partial charge in [-0.05, 0) is 23.1 Å². The van der Waals surface area contributed by atoms with Gasteiger partial charge < -0.3 is 10.6 Å². The molecular weight excluding hydrogens is 399 g/mol. The highest BCUT2D eigenvalue weighted by atomic mass is 32.2. The van der Waals surface area contributed by atoms with E-state index >= 15 is 0 Å². The summed E-state index contributed by atoms with van der Waals surface area (Å²) in [7, 11) is 0. The van der Waals surface area contributed by atoms with E-state index in [2.05, 4.69) is 10.6 Å². The summed E-state index contributed by atoms with van der Waals surface area (Å²) in [6.45, 7) is 0.724. The van der Waals surface area contributed by atoms with Crippen molar-refractivity contribution in [3.05, 3.63) is 58.0 Å². The van der Waals surface area contributed by atoms with Crippen LogP contribution in [0.1, 0.15) is 34.5 Å². The zero-order chi connectivity index (χ0) is 20.2. The molecule has 8 heteroatoms. The highest BCUT2D eigenvalue weighted by molar-refractivity contribution is 7.98. The van der Waals surface area contributed by atoms with Crippen LogP contribution in [0.2, 0.25) is 0 Å². The van der Waals surface area contributed by atoms with Crippen molar-refractivity contribution in [2.45, 2.75) is 25.0 Å². The first-order valence-electron chi connectivity index (χ1n) is 8.97. The fraction of sp³-hybridized carbons (Fsp3) is 0.350. The molecule has 0 saturated heterocycles. The molecule has 0 spiro atoms. The third kappa shape index (κ3) is 8.22. The van der Waals surface area contributed by atoms with Crippen molar-refractivity contribution in [3.63, 3.8) is 0 Å². The number of thiophene rings is 1. The minimum atomic E-state index is -0.238. The zero-order valence-corrected chi connectivity index (χ0v) is 17.0.